The van der Waals surface area contributed by atoms with Crippen molar-refractivity contribution in [1.29, 1.82) is 5.26 Å². The summed E-state index contributed by atoms with van der Waals surface area (Å²) >= 11 is 1.26. The molecule has 0 saturated carbocycles. The third-order valence-electron chi connectivity index (χ3n) is 5.43. The van der Waals surface area contributed by atoms with E-state index in [1.807, 2.05) is 19.2 Å². The number of aromatic nitrogens is 1. The van der Waals surface area contributed by atoms with Gasteiger partial charge in [0.15, 0.2) is 0 Å². The van der Waals surface area contributed by atoms with Crippen molar-refractivity contribution in [1.82, 2.24) is 9.27 Å². The molecule has 0 fully saturated rings. The number of halogens is 1. The maximum Gasteiger partial charge on any atom is 0.254 e. The van der Waals surface area contributed by atoms with Gasteiger partial charge in [0.25, 0.3) is 5.91 Å². The van der Waals surface area contributed by atoms with Crippen LogP contribution < -0.4 is 5.32 Å². The Hall–Kier alpha value is -3.57. The second-order valence-electron chi connectivity index (χ2n) is 8.11. The van der Waals surface area contributed by atoms with Crippen LogP contribution >= 0.6 is 11.5 Å². The number of rotatable bonds is 5. The average molecular weight is 449 g/mol. The number of nitrogens with zero attached hydrogens (tertiary/aromatic N) is 3. The normalized spacial score (nSPS) is 17.7. The lowest BCUT2D eigenvalue weighted by atomic mass is 9.79. The van der Waals surface area contributed by atoms with E-state index in [0.717, 1.165) is 11.6 Å². The molecule has 1 aliphatic rings. The second kappa shape index (κ2) is 8.89. The van der Waals surface area contributed by atoms with Gasteiger partial charge in [-0.1, -0.05) is 32.0 Å². The van der Waals surface area contributed by atoms with Gasteiger partial charge in [0.2, 0.25) is 5.91 Å². The lowest BCUT2D eigenvalue weighted by molar-refractivity contribution is -0.119. The molecule has 0 radical (unpaired) electrons. The van der Waals surface area contributed by atoms with Crippen LogP contribution in [0.25, 0.3) is 0 Å². The van der Waals surface area contributed by atoms with Crippen LogP contribution in [-0.4, -0.2) is 27.6 Å². The first kappa shape index (κ1) is 21.7. The SMILES string of the molecule is CC(C)CN1C(=O)c2ccccc2[C@H](C(=O)Nc2ccc(F)c(C#N)c2)[C@H]1c1cnsc1. The van der Waals surface area contributed by atoms with Crippen molar-refractivity contribution in [2.24, 2.45) is 5.92 Å². The van der Waals surface area contributed by atoms with Crippen molar-refractivity contribution in [2.75, 3.05) is 11.9 Å². The molecule has 32 heavy (non-hydrogen) atoms. The van der Waals surface area contributed by atoms with Gasteiger partial charge >= 0.3 is 0 Å². The highest BCUT2D eigenvalue weighted by atomic mass is 32.1. The van der Waals surface area contributed by atoms with E-state index in [1.165, 1.54) is 23.7 Å². The van der Waals surface area contributed by atoms with Crippen LogP contribution in [0.5, 0.6) is 0 Å². The number of nitriles is 1. The minimum absolute atomic E-state index is 0.122. The fraction of sp³-hybridized carbons (Fsp3) is 0.250. The van der Waals surface area contributed by atoms with Gasteiger partial charge in [-0.25, -0.2) is 8.76 Å². The summed E-state index contributed by atoms with van der Waals surface area (Å²) in [7, 11) is 0. The highest BCUT2D eigenvalue weighted by Crippen LogP contribution is 2.43. The van der Waals surface area contributed by atoms with Gasteiger partial charge in [0.1, 0.15) is 11.9 Å². The number of amides is 2. The van der Waals surface area contributed by atoms with E-state index in [-0.39, 0.29) is 23.3 Å². The first-order valence-corrected chi connectivity index (χ1v) is 11.0. The quantitative estimate of drug-likeness (QED) is 0.611. The van der Waals surface area contributed by atoms with E-state index in [2.05, 4.69) is 9.69 Å². The van der Waals surface area contributed by atoms with Crippen LogP contribution in [0.3, 0.4) is 0 Å². The number of carbonyl (C=O) groups is 2. The van der Waals surface area contributed by atoms with E-state index < -0.39 is 17.8 Å². The van der Waals surface area contributed by atoms with Crippen LogP contribution in [0.4, 0.5) is 10.1 Å². The molecule has 2 heterocycles. The van der Waals surface area contributed by atoms with Crippen molar-refractivity contribution in [3.63, 3.8) is 0 Å². The Morgan fingerprint density at radius 2 is 2.09 bits per heavy atom. The van der Waals surface area contributed by atoms with E-state index in [9.17, 15) is 14.0 Å². The van der Waals surface area contributed by atoms with Crippen LogP contribution in [-0.2, 0) is 4.79 Å². The van der Waals surface area contributed by atoms with Gasteiger partial charge in [-0.3, -0.25) is 9.59 Å². The summed E-state index contributed by atoms with van der Waals surface area (Å²) < 4.78 is 17.9. The largest absolute Gasteiger partial charge is 0.330 e. The number of carbonyl (C=O) groups excluding carboxylic acids is 2. The lowest BCUT2D eigenvalue weighted by Crippen LogP contribution is -2.47. The zero-order chi connectivity index (χ0) is 22.8. The molecule has 8 heteroatoms. The zero-order valence-corrected chi connectivity index (χ0v) is 18.4. The summed E-state index contributed by atoms with van der Waals surface area (Å²) in [5, 5.41) is 13.8. The third-order valence-corrected chi connectivity index (χ3v) is 6.03. The molecule has 1 aliphatic heterocycles. The molecule has 0 spiro atoms. The second-order valence-corrected chi connectivity index (χ2v) is 8.77. The van der Waals surface area contributed by atoms with Crippen molar-refractivity contribution >= 4 is 29.0 Å². The minimum Gasteiger partial charge on any atom is -0.330 e. The summed E-state index contributed by atoms with van der Waals surface area (Å²) in [6.45, 7) is 4.52. The topological polar surface area (TPSA) is 86.1 Å². The van der Waals surface area contributed by atoms with Crippen molar-refractivity contribution in [3.8, 4) is 6.07 Å². The molecule has 2 aromatic carbocycles. The minimum atomic E-state index is -0.699. The maximum atomic E-state index is 13.7. The van der Waals surface area contributed by atoms with Crippen molar-refractivity contribution in [2.45, 2.75) is 25.8 Å². The fourth-order valence-corrected chi connectivity index (χ4v) is 4.67. The smallest absolute Gasteiger partial charge is 0.254 e. The molecular formula is C24H21FN4O2S. The molecule has 2 amide bonds. The highest BCUT2D eigenvalue weighted by Gasteiger charge is 2.44. The lowest BCUT2D eigenvalue weighted by Gasteiger charge is -2.42. The van der Waals surface area contributed by atoms with Gasteiger partial charge in [0, 0.05) is 34.9 Å². The molecule has 6 nitrogen and oxygen atoms in total. The predicted octanol–water partition coefficient (Wildman–Crippen LogP) is 4.73. The number of hydrogen-bond acceptors (Lipinski definition) is 5. The molecule has 162 valence electrons. The predicted molar refractivity (Wildman–Crippen MR) is 120 cm³/mol. The van der Waals surface area contributed by atoms with Gasteiger partial charge in [-0.15, -0.1) is 0 Å². The first-order valence-electron chi connectivity index (χ1n) is 10.2. The standard InChI is InChI=1S/C24H21FN4O2S/c1-14(2)12-29-22(16-11-27-32-13-16)21(18-5-3-4-6-19(18)24(29)31)23(30)28-17-7-8-20(25)15(9-17)10-26/h3-9,11,13-14,21-22H,12H2,1-2H3,(H,28,30)/t21-,22+/m0/s1. The molecule has 4 rings (SSSR count). The van der Waals surface area contributed by atoms with E-state index in [1.54, 1.807) is 41.4 Å². The molecule has 0 saturated heterocycles. The van der Waals surface area contributed by atoms with Gasteiger partial charge < -0.3 is 10.2 Å². The van der Waals surface area contributed by atoms with Gasteiger partial charge in [-0.05, 0) is 47.3 Å². The molecule has 1 N–H and O–H groups in total. The van der Waals surface area contributed by atoms with Crippen molar-refractivity contribution in [3.05, 3.63) is 82.1 Å². The Morgan fingerprint density at radius 1 is 1.31 bits per heavy atom. The number of nitrogens with one attached hydrogen (secondary N) is 1. The zero-order valence-electron chi connectivity index (χ0n) is 17.6. The average Bonchev–Trinajstić information content (AvgIpc) is 3.31. The Balaban J connectivity index is 1.81. The number of fused-ring (bicyclic) bond motifs is 1. The molecule has 0 unspecified atom stereocenters. The summed E-state index contributed by atoms with van der Waals surface area (Å²) in [5.41, 5.74) is 2.08. The molecular weight excluding hydrogens is 427 g/mol. The first-order chi connectivity index (χ1) is 15.4. The van der Waals surface area contributed by atoms with Crippen LogP contribution in [0.1, 0.15) is 52.9 Å². The van der Waals surface area contributed by atoms with Crippen molar-refractivity contribution < 1.29 is 14.0 Å². The highest BCUT2D eigenvalue weighted by molar-refractivity contribution is 7.03. The summed E-state index contributed by atoms with van der Waals surface area (Å²) in [6.07, 6.45) is 1.69. The number of benzene rings is 2. The molecule has 3 aromatic rings. The Kier molecular flexibility index (Phi) is 6.01. The number of hydrogen-bond donors (Lipinski definition) is 1. The molecule has 1 aromatic heterocycles. The van der Waals surface area contributed by atoms with Crippen LogP contribution in [0.15, 0.2) is 54.0 Å². The molecule has 0 bridgehead atoms. The van der Waals surface area contributed by atoms with Crippen LogP contribution in [0, 0.1) is 23.1 Å². The monoisotopic (exact) mass is 448 g/mol. The Morgan fingerprint density at radius 3 is 2.78 bits per heavy atom. The van der Waals surface area contributed by atoms with E-state index in [4.69, 9.17) is 5.26 Å². The van der Waals surface area contributed by atoms with Gasteiger partial charge in [0.05, 0.1) is 17.5 Å². The Labute approximate surface area is 189 Å². The van der Waals surface area contributed by atoms with Crippen LogP contribution in [0.2, 0.25) is 0 Å². The summed E-state index contributed by atoms with van der Waals surface area (Å²) in [4.78, 5) is 28.8. The summed E-state index contributed by atoms with van der Waals surface area (Å²) in [5.74, 6) is -1.62. The third kappa shape index (κ3) is 3.99. The molecule has 2 atom stereocenters. The van der Waals surface area contributed by atoms with E-state index in [0.29, 0.717) is 23.4 Å². The van der Waals surface area contributed by atoms with E-state index >= 15 is 0 Å². The summed E-state index contributed by atoms with van der Waals surface area (Å²) in [6, 6.07) is 12.2. The molecule has 0 aliphatic carbocycles. The Bertz CT molecular complexity index is 1200. The van der Waals surface area contributed by atoms with Gasteiger partial charge in [-0.2, -0.15) is 5.26 Å². The fourth-order valence-electron chi connectivity index (χ4n) is 4.11. The maximum absolute atomic E-state index is 13.7. The number of anilines is 1.